The summed E-state index contributed by atoms with van der Waals surface area (Å²) in [6, 6.07) is 6.14. The third-order valence-corrected chi connectivity index (χ3v) is 4.39. The zero-order valence-electron chi connectivity index (χ0n) is 12.3. The van der Waals surface area contributed by atoms with Crippen LogP contribution in [0.1, 0.15) is 16.0 Å². The number of ether oxygens (including phenoxy) is 1. The van der Waals surface area contributed by atoms with E-state index in [0.717, 1.165) is 13.1 Å². The van der Waals surface area contributed by atoms with Gasteiger partial charge in [0.2, 0.25) is 0 Å². The predicted molar refractivity (Wildman–Crippen MR) is 83.1 cm³/mol. The monoisotopic (exact) mass is 309 g/mol. The summed E-state index contributed by atoms with van der Waals surface area (Å²) in [4.78, 5) is 3.43. The molecule has 1 N–H and O–H groups in total. The van der Waals surface area contributed by atoms with Crippen molar-refractivity contribution in [3.05, 3.63) is 51.5 Å². The molecule has 0 radical (unpaired) electrons. The van der Waals surface area contributed by atoms with E-state index in [1.165, 1.54) is 28.6 Å². The van der Waals surface area contributed by atoms with Gasteiger partial charge in [0.1, 0.15) is 11.6 Å². The molecule has 0 aliphatic carbocycles. The highest BCUT2D eigenvalue weighted by atomic mass is 32.1. The SMILES string of the molecule is COCCN(Cc1cc(F)ccc1O)Cc1sccc1C. The molecule has 0 saturated carbocycles. The van der Waals surface area contributed by atoms with Crippen LogP contribution in [-0.2, 0) is 17.8 Å². The standard InChI is InChI=1S/C16H20FNO2S/c1-12-5-8-21-16(12)11-18(6-7-20-2)10-13-9-14(17)3-4-15(13)19/h3-5,8-9,19H,6-7,10-11H2,1-2H3. The fraction of sp³-hybridized carbons (Fsp3) is 0.375. The zero-order valence-corrected chi connectivity index (χ0v) is 13.1. The van der Waals surface area contributed by atoms with Crippen molar-refractivity contribution in [3.63, 3.8) is 0 Å². The van der Waals surface area contributed by atoms with Gasteiger partial charge in [-0.1, -0.05) is 0 Å². The van der Waals surface area contributed by atoms with Crippen LogP contribution < -0.4 is 0 Å². The largest absolute Gasteiger partial charge is 0.508 e. The molecule has 0 bridgehead atoms. The van der Waals surface area contributed by atoms with Gasteiger partial charge in [0, 0.05) is 37.2 Å². The Balaban J connectivity index is 2.12. The summed E-state index contributed by atoms with van der Waals surface area (Å²) in [5, 5.41) is 11.9. The van der Waals surface area contributed by atoms with Crippen molar-refractivity contribution in [3.8, 4) is 5.75 Å². The van der Waals surface area contributed by atoms with Gasteiger partial charge in [0.25, 0.3) is 0 Å². The molecule has 1 aromatic heterocycles. The molecule has 3 nitrogen and oxygen atoms in total. The van der Waals surface area contributed by atoms with E-state index in [2.05, 4.69) is 23.3 Å². The van der Waals surface area contributed by atoms with E-state index in [9.17, 15) is 9.50 Å². The molecule has 0 fully saturated rings. The minimum atomic E-state index is -0.332. The number of hydrogen-bond donors (Lipinski definition) is 1. The fourth-order valence-corrected chi connectivity index (χ4v) is 3.07. The number of thiophene rings is 1. The number of aromatic hydroxyl groups is 1. The Morgan fingerprint density at radius 1 is 1.29 bits per heavy atom. The lowest BCUT2D eigenvalue weighted by Crippen LogP contribution is -2.26. The smallest absolute Gasteiger partial charge is 0.123 e. The first kappa shape index (κ1) is 15.9. The summed E-state index contributed by atoms with van der Waals surface area (Å²) >= 11 is 1.71. The number of phenolic OH excluding ortho intramolecular Hbond substituents is 1. The number of methoxy groups -OCH3 is 1. The molecule has 2 aromatic rings. The normalized spacial score (nSPS) is 11.2. The molecule has 114 valence electrons. The molecule has 0 amide bonds. The number of aryl methyl sites for hydroxylation is 1. The summed E-state index contributed by atoms with van der Waals surface area (Å²) in [7, 11) is 1.66. The Bertz CT molecular complexity index is 585. The summed E-state index contributed by atoms with van der Waals surface area (Å²) in [5.41, 5.74) is 1.85. The van der Waals surface area contributed by atoms with Crippen LogP contribution in [0, 0.1) is 12.7 Å². The molecule has 0 aliphatic rings. The molecular weight excluding hydrogens is 289 g/mol. The Hall–Kier alpha value is -1.43. The molecule has 0 atom stereocenters. The van der Waals surface area contributed by atoms with Crippen molar-refractivity contribution >= 4 is 11.3 Å². The molecule has 5 heteroatoms. The van der Waals surface area contributed by atoms with Crippen LogP contribution in [0.2, 0.25) is 0 Å². The van der Waals surface area contributed by atoms with Crippen LogP contribution in [0.3, 0.4) is 0 Å². The number of rotatable bonds is 7. The maximum Gasteiger partial charge on any atom is 0.123 e. The van der Waals surface area contributed by atoms with Crippen molar-refractivity contribution in [1.82, 2.24) is 4.90 Å². The van der Waals surface area contributed by atoms with Crippen molar-refractivity contribution < 1.29 is 14.2 Å². The lowest BCUT2D eigenvalue weighted by atomic mass is 10.1. The van der Waals surface area contributed by atoms with Crippen LogP contribution in [0.15, 0.2) is 29.6 Å². The fourth-order valence-electron chi connectivity index (χ4n) is 2.13. The van der Waals surface area contributed by atoms with Crippen LogP contribution in [0.5, 0.6) is 5.75 Å². The third kappa shape index (κ3) is 4.52. The first-order valence-corrected chi connectivity index (χ1v) is 7.69. The van der Waals surface area contributed by atoms with Crippen LogP contribution in [0.25, 0.3) is 0 Å². The van der Waals surface area contributed by atoms with E-state index >= 15 is 0 Å². The van der Waals surface area contributed by atoms with Gasteiger partial charge in [0.15, 0.2) is 0 Å². The summed E-state index contributed by atoms with van der Waals surface area (Å²) in [5.74, 6) is -0.205. The zero-order chi connectivity index (χ0) is 15.2. The van der Waals surface area contributed by atoms with Crippen LogP contribution >= 0.6 is 11.3 Å². The Morgan fingerprint density at radius 3 is 2.76 bits per heavy atom. The van der Waals surface area contributed by atoms with Crippen LogP contribution in [-0.4, -0.2) is 30.3 Å². The molecule has 21 heavy (non-hydrogen) atoms. The summed E-state index contributed by atoms with van der Waals surface area (Å²) in [6.45, 7) is 4.66. The predicted octanol–water partition coefficient (Wildman–Crippen LogP) is 3.55. The summed E-state index contributed by atoms with van der Waals surface area (Å²) < 4.78 is 18.5. The lowest BCUT2D eigenvalue weighted by Gasteiger charge is -2.22. The first-order chi connectivity index (χ1) is 10.1. The van der Waals surface area contributed by atoms with E-state index in [1.807, 2.05) is 0 Å². The van der Waals surface area contributed by atoms with E-state index in [-0.39, 0.29) is 11.6 Å². The van der Waals surface area contributed by atoms with Gasteiger partial charge in [-0.2, -0.15) is 0 Å². The molecule has 2 rings (SSSR count). The van der Waals surface area contributed by atoms with Gasteiger partial charge in [0.05, 0.1) is 6.61 Å². The highest BCUT2D eigenvalue weighted by Gasteiger charge is 2.12. The minimum absolute atomic E-state index is 0.127. The second kappa shape index (κ2) is 7.54. The molecule has 0 saturated heterocycles. The maximum absolute atomic E-state index is 13.3. The maximum atomic E-state index is 13.3. The quantitative estimate of drug-likeness (QED) is 0.849. The average molecular weight is 309 g/mol. The van der Waals surface area contributed by atoms with Crippen molar-refractivity contribution in [2.45, 2.75) is 20.0 Å². The Kier molecular flexibility index (Phi) is 5.73. The Morgan fingerprint density at radius 2 is 2.10 bits per heavy atom. The van der Waals surface area contributed by atoms with Gasteiger partial charge in [-0.15, -0.1) is 11.3 Å². The highest BCUT2D eigenvalue weighted by Crippen LogP contribution is 2.23. The average Bonchev–Trinajstić information content (AvgIpc) is 2.85. The molecule has 0 aliphatic heterocycles. The van der Waals surface area contributed by atoms with Crippen molar-refractivity contribution in [2.24, 2.45) is 0 Å². The van der Waals surface area contributed by atoms with Gasteiger partial charge in [-0.05, 0) is 42.1 Å². The number of benzene rings is 1. The summed E-state index contributed by atoms with van der Waals surface area (Å²) in [6.07, 6.45) is 0. The number of hydrogen-bond acceptors (Lipinski definition) is 4. The van der Waals surface area contributed by atoms with Crippen molar-refractivity contribution in [1.29, 1.82) is 0 Å². The number of halogens is 1. The van der Waals surface area contributed by atoms with E-state index < -0.39 is 0 Å². The third-order valence-electron chi connectivity index (χ3n) is 3.38. The van der Waals surface area contributed by atoms with Gasteiger partial charge >= 0.3 is 0 Å². The van der Waals surface area contributed by atoms with Gasteiger partial charge in [-0.3, -0.25) is 4.90 Å². The second-order valence-corrected chi connectivity index (χ2v) is 6.00. The highest BCUT2D eigenvalue weighted by molar-refractivity contribution is 7.10. The number of phenols is 1. The van der Waals surface area contributed by atoms with E-state index in [0.29, 0.717) is 18.7 Å². The van der Waals surface area contributed by atoms with E-state index in [1.54, 1.807) is 18.4 Å². The molecule has 1 aromatic carbocycles. The van der Waals surface area contributed by atoms with Gasteiger partial charge in [-0.25, -0.2) is 4.39 Å². The number of nitrogens with zero attached hydrogens (tertiary/aromatic N) is 1. The van der Waals surface area contributed by atoms with Crippen LogP contribution in [0.4, 0.5) is 4.39 Å². The minimum Gasteiger partial charge on any atom is -0.508 e. The van der Waals surface area contributed by atoms with Gasteiger partial charge < -0.3 is 9.84 Å². The second-order valence-electron chi connectivity index (χ2n) is 5.00. The molecule has 0 spiro atoms. The van der Waals surface area contributed by atoms with Crippen molar-refractivity contribution in [2.75, 3.05) is 20.3 Å². The van der Waals surface area contributed by atoms with E-state index in [4.69, 9.17) is 4.74 Å². The molecule has 0 unspecified atom stereocenters. The molecule has 1 heterocycles. The topological polar surface area (TPSA) is 32.7 Å². The first-order valence-electron chi connectivity index (χ1n) is 6.82. The molecular formula is C16H20FNO2S. The Labute approximate surface area is 128 Å². The lowest BCUT2D eigenvalue weighted by molar-refractivity contribution is 0.140.